The predicted octanol–water partition coefficient (Wildman–Crippen LogP) is 16.0. The molecule has 0 N–H and O–H groups in total. The van der Waals surface area contributed by atoms with Gasteiger partial charge in [-0.15, -0.1) is 0 Å². The van der Waals surface area contributed by atoms with Crippen molar-refractivity contribution in [3.8, 4) is 0 Å². The largest absolute Gasteiger partial charge is 0.462 e. The number of carbonyl (C=O) groups excluding carboxylic acids is 3. The van der Waals surface area contributed by atoms with Gasteiger partial charge in [-0.1, -0.05) is 218 Å². The van der Waals surface area contributed by atoms with Crippen LogP contribution in [0.4, 0.5) is 0 Å². The molecule has 0 amide bonds. The van der Waals surface area contributed by atoms with Crippen molar-refractivity contribution in [1.82, 2.24) is 0 Å². The van der Waals surface area contributed by atoms with Crippen molar-refractivity contribution >= 4 is 17.9 Å². The summed E-state index contributed by atoms with van der Waals surface area (Å²) in [5.41, 5.74) is 0. The van der Waals surface area contributed by atoms with E-state index in [2.05, 4.69) is 45.1 Å². The zero-order valence-corrected chi connectivity index (χ0v) is 38.1. The first-order chi connectivity index (χ1) is 28.0. The third-order valence-electron chi connectivity index (χ3n) is 11.0. The lowest BCUT2D eigenvalue weighted by atomic mass is 10.0. The molecule has 57 heavy (non-hydrogen) atoms. The van der Waals surface area contributed by atoms with Gasteiger partial charge in [0.25, 0.3) is 0 Å². The Morgan fingerprint density at radius 2 is 0.632 bits per heavy atom. The molecule has 0 aliphatic heterocycles. The molecule has 0 heterocycles. The van der Waals surface area contributed by atoms with E-state index in [0.29, 0.717) is 19.3 Å². The summed E-state index contributed by atoms with van der Waals surface area (Å²) in [7, 11) is 0. The van der Waals surface area contributed by atoms with Crippen LogP contribution in [0.25, 0.3) is 0 Å². The molecule has 0 fully saturated rings. The Labute approximate surface area is 353 Å². The molecule has 334 valence electrons. The van der Waals surface area contributed by atoms with Crippen LogP contribution in [0.3, 0.4) is 0 Å². The summed E-state index contributed by atoms with van der Waals surface area (Å²) in [5.74, 6) is -0.879. The second-order valence-corrected chi connectivity index (χ2v) is 16.7. The summed E-state index contributed by atoms with van der Waals surface area (Å²) < 4.78 is 16.7. The first-order valence-electron chi connectivity index (χ1n) is 24.8. The zero-order chi connectivity index (χ0) is 41.5. The minimum atomic E-state index is -0.769. The van der Waals surface area contributed by atoms with E-state index in [1.165, 1.54) is 148 Å². The fraction of sp³-hybridized carbons (Fsp3) is 0.863. The molecule has 6 heteroatoms. The molecule has 0 aliphatic rings. The van der Waals surface area contributed by atoms with Gasteiger partial charge in [-0.2, -0.15) is 0 Å². The lowest BCUT2D eigenvalue weighted by Crippen LogP contribution is -2.30. The molecular formula is C51H94O6. The molecule has 0 aromatic carbocycles. The first kappa shape index (κ1) is 54.9. The maximum Gasteiger partial charge on any atom is 0.306 e. The summed E-state index contributed by atoms with van der Waals surface area (Å²) in [6.45, 7) is 6.60. The maximum absolute atomic E-state index is 12.7. The Hall–Kier alpha value is -2.11. The zero-order valence-electron chi connectivity index (χ0n) is 38.1. The van der Waals surface area contributed by atoms with Crippen molar-refractivity contribution in [3.05, 3.63) is 24.3 Å². The highest BCUT2D eigenvalue weighted by molar-refractivity contribution is 5.71. The summed E-state index contributed by atoms with van der Waals surface area (Å²) in [6, 6.07) is 0. The van der Waals surface area contributed by atoms with E-state index in [4.69, 9.17) is 14.2 Å². The summed E-state index contributed by atoms with van der Waals surface area (Å²) in [4.78, 5) is 37.8. The van der Waals surface area contributed by atoms with Crippen LogP contribution in [-0.4, -0.2) is 37.2 Å². The van der Waals surface area contributed by atoms with Crippen molar-refractivity contribution < 1.29 is 28.6 Å². The number of hydrogen-bond donors (Lipinski definition) is 0. The number of unbranched alkanes of at least 4 members (excludes halogenated alkanes) is 30. The SMILES string of the molecule is CCCCCC/C=C\C/C=C\CCCCCCCC(=O)OCC(COC(=O)CCCCCCCCCC)OC(=O)CCCCCCCCCCCCCCCCC. The molecular weight excluding hydrogens is 709 g/mol. The van der Waals surface area contributed by atoms with Gasteiger partial charge in [0, 0.05) is 19.3 Å². The third-order valence-corrected chi connectivity index (χ3v) is 11.0. The number of ether oxygens (including phenoxy) is 3. The molecule has 0 saturated heterocycles. The monoisotopic (exact) mass is 803 g/mol. The summed E-state index contributed by atoms with van der Waals surface area (Å²) >= 11 is 0. The molecule has 0 radical (unpaired) electrons. The topological polar surface area (TPSA) is 78.9 Å². The van der Waals surface area contributed by atoms with Gasteiger partial charge in [-0.3, -0.25) is 14.4 Å². The van der Waals surface area contributed by atoms with Crippen molar-refractivity contribution in [1.29, 1.82) is 0 Å². The molecule has 6 nitrogen and oxygen atoms in total. The standard InChI is InChI=1S/C51H94O6/c1-4-7-10-13-16-19-21-23-25-27-28-30-32-35-38-41-44-50(53)56-47-48(46-55-49(52)43-40-37-34-18-15-12-9-6-3)57-51(54)45-42-39-36-33-31-29-26-24-22-20-17-14-11-8-5-2/h19,21,25,27,48H,4-18,20,22-24,26,28-47H2,1-3H3/b21-19-,27-25-. The van der Waals surface area contributed by atoms with Gasteiger partial charge < -0.3 is 14.2 Å². The predicted molar refractivity (Wildman–Crippen MR) is 243 cm³/mol. The smallest absolute Gasteiger partial charge is 0.306 e. The Balaban J connectivity index is 4.30. The molecule has 0 bridgehead atoms. The Morgan fingerprint density at radius 1 is 0.351 bits per heavy atom. The van der Waals surface area contributed by atoms with Crippen LogP contribution < -0.4 is 0 Å². The van der Waals surface area contributed by atoms with Crippen molar-refractivity contribution in [2.75, 3.05) is 13.2 Å². The van der Waals surface area contributed by atoms with Gasteiger partial charge in [0.1, 0.15) is 13.2 Å². The van der Waals surface area contributed by atoms with Crippen LogP contribution in [0.1, 0.15) is 265 Å². The third kappa shape index (κ3) is 44.8. The number of hydrogen-bond acceptors (Lipinski definition) is 6. The minimum Gasteiger partial charge on any atom is -0.462 e. The quantitative estimate of drug-likeness (QED) is 0.0264. The van der Waals surface area contributed by atoms with Crippen LogP contribution in [0.15, 0.2) is 24.3 Å². The molecule has 0 spiro atoms. The van der Waals surface area contributed by atoms with Gasteiger partial charge in [0.2, 0.25) is 0 Å². The van der Waals surface area contributed by atoms with Gasteiger partial charge in [-0.25, -0.2) is 0 Å². The van der Waals surface area contributed by atoms with Gasteiger partial charge >= 0.3 is 17.9 Å². The molecule has 1 atom stereocenters. The highest BCUT2D eigenvalue weighted by atomic mass is 16.6. The highest BCUT2D eigenvalue weighted by Crippen LogP contribution is 2.15. The molecule has 0 saturated carbocycles. The average Bonchev–Trinajstić information content (AvgIpc) is 3.21. The van der Waals surface area contributed by atoms with Gasteiger partial charge in [0.15, 0.2) is 6.10 Å². The molecule has 0 aliphatic carbocycles. The second kappa shape index (κ2) is 46.6. The fourth-order valence-corrected chi connectivity index (χ4v) is 7.18. The molecule has 0 rings (SSSR count). The summed E-state index contributed by atoms with van der Waals surface area (Å²) in [6.07, 6.45) is 51.6. The average molecular weight is 803 g/mol. The van der Waals surface area contributed by atoms with E-state index >= 15 is 0 Å². The molecule has 1 unspecified atom stereocenters. The summed E-state index contributed by atoms with van der Waals surface area (Å²) in [5, 5.41) is 0. The van der Waals surface area contributed by atoms with Crippen LogP contribution in [0.2, 0.25) is 0 Å². The fourth-order valence-electron chi connectivity index (χ4n) is 7.18. The second-order valence-electron chi connectivity index (χ2n) is 16.7. The van der Waals surface area contributed by atoms with E-state index < -0.39 is 6.10 Å². The van der Waals surface area contributed by atoms with Crippen LogP contribution >= 0.6 is 0 Å². The van der Waals surface area contributed by atoms with Crippen LogP contribution in [-0.2, 0) is 28.6 Å². The van der Waals surface area contributed by atoms with E-state index in [-0.39, 0.29) is 31.1 Å². The number of carbonyl (C=O) groups is 3. The van der Waals surface area contributed by atoms with Crippen molar-refractivity contribution in [2.24, 2.45) is 0 Å². The van der Waals surface area contributed by atoms with Crippen molar-refractivity contribution in [2.45, 2.75) is 271 Å². The minimum absolute atomic E-state index is 0.0719. The highest BCUT2D eigenvalue weighted by Gasteiger charge is 2.19. The van der Waals surface area contributed by atoms with E-state index in [9.17, 15) is 14.4 Å². The molecule has 0 aromatic rings. The number of allylic oxidation sites excluding steroid dienone is 4. The van der Waals surface area contributed by atoms with E-state index in [0.717, 1.165) is 77.0 Å². The molecule has 0 aromatic heterocycles. The number of rotatable bonds is 45. The maximum atomic E-state index is 12.7. The Bertz CT molecular complexity index is 927. The lowest BCUT2D eigenvalue weighted by Gasteiger charge is -2.18. The van der Waals surface area contributed by atoms with E-state index in [1.807, 2.05) is 0 Å². The van der Waals surface area contributed by atoms with Crippen molar-refractivity contribution in [3.63, 3.8) is 0 Å². The van der Waals surface area contributed by atoms with Crippen LogP contribution in [0.5, 0.6) is 0 Å². The van der Waals surface area contributed by atoms with Crippen LogP contribution in [0, 0.1) is 0 Å². The Morgan fingerprint density at radius 3 is 0.982 bits per heavy atom. The van der Waals surface area contributed by atoms with E-state index in [1.54, 1.807) is 0 Å². The normalized spacial score (nSPS) is 12.1. The first-order valence-corrected chi connectivity index (χ1v) is 24.8. The Kier molecular flexibility index (Phi) is 44.9. The number of esters is 3. The van der Waals surface area contributed by atoms with Gasteiger partial charge in [0.05, 0.1) is 0 Å². The lowest BCUT2D eigenvalue weighted by molar-refractivity contribution is -0.167. The van der Waals surface area contributed by atoms with Gasteiger partial charge in [-0.05, 0) is 51.4 Å².